The lowest BCUT2D eigenvalue weighted by molar-refractivity contribution is 0.383. The van der Waals surface area contributed by atoms with Crippen molar-refractivity contribution in [2.75, 3.05) is 31.1 Å². The molecule has 0 N–H and O–H groups in total. The van der Waals surface area contributed by atoms with Gasteiger partial charge in [0, 0.05) is 31.9 Å². The monoisotopic (exact) mass is 474 g/mol. The van der Waals surface area contributed by atoms with E-state index in [-0.39, 0.29) is 0 Å². The van der Waals surface area contributed by atoms with Gasteiger partial charge in [-0.25, -0.2) is 13.1 Å². The van der Waals surface area contributed by atoms with E-state index in [0.29, 0.717) is 36.9 Å². The molecule has 1 aliphatic rings. The Kier molecular flexibility index (Phi) is 5.89. The lowest BCUT2D eigenvalue weighted by Gasteiger charge is -2.34. The number of sulfonamides is 1. The Hall–Kier alpha value is -3.56. The SMILES string of the molecule is Cc1cc(C)n(-c2ccc(N3CCN(S(=O)(=O)c4ccc(-c5ccccc5)cc4)CC3)nn2)n1. The molecule has 174 valence electrons. The Bertz CT molecular complexity index is 1380. The highest BCUT2D eigenvalue weighted by atomic mass is 32.2. The normalized spacial score (nSPS) is 14.9. The lowest BCUT2D eigenvalue weighted by Crippen LogP contribution is -2.49. The summed E-state index contributed by atoms with van der Waals surface area (Å²) in [6.07, 6.45) is 0. The Morgan fingerprint density at radius 1 is 0.735 bits per heavy atom. The molecule has 1 aliphatic heterocycles. The van der Waals surface area contributed by atoms with Crippen LogP contribution in [0.3, 0.4) is 0 Å². The summed E-state index contributed by atoms with van der Waals surface area (Å²) in [6, 6.07) is 22.8. The molecule has 0 radical (unpaired) electrons. The molecule has 1 saturated heterocycles. The van der Waals surface area contributed by atoms with Gasteiger partial charge in [-0.2, -0.15) is 9.40 Å². The smallest absolute Gasteiger partial charge is 0.243 e. The zero-order valence-corrected chi connectivity index (χ0v) is 20.0. The molecule has 3 heterocycles. The second-order valence-corrected chi connectivity index (χ2v) is 10.3. The molecule has 9 heteroatoms. The number of aryl methyl sites for hydroxylation is 2. The maximum Gasteiger partial charge on any atom is 0.243 e. The summed E-state index contributed by atoms with van der Waals surface area (Å²) in [6.45, 7) is 5.80. The molecule has 0 saturated carbocycles. The molecule has 8 nitrogen and oxygen atoms in total. The van der Waals surface area contributed by atoms with E-state index < -0.39 is 10.0 Å². The van der Waals surface area contributed by atoms with Gasteiger partial charge in [-0.05, 0) is 55.3 Å². The molecular weight excluding hydrogens is 448 g/mol. The van der Waals surface area contributed by atoms with E-state index in [0.717, 1.165) is 28.3 Å². The van der Waals surface area contributed by atoms with E-state index in [9.17, 15) is 8.42 Å². The first-order valence-corrected chi connectivity index (χ1v) is 12.6. The van der Waals surface area contributed by atoms with E-state index in [1.807, 2.05) is 74.5 Å². The van der Waals surface area contributed by atoms with Gasteiger partial charge in [0.05, 0.1) is 10.6 Å². The van der Waals surface area contributed by atoms with Crippen LogP contribution in [-0.4, -0.2) is 58.9 Å². The third-order valence-corrected chi connectivity index (χ3v) is 7.94. The number of anilines is 1. The van der Waals surface area contributed by atoms with Crippen LogP contribution in [0.15, 0.2) is 77.7 Å². The summed E-state index contributed by atoms with van der Waals surface area (Å²) in [4.78, 5) is 2.37. The van der Waals surface area contributed by atoms with Crippen LogP contribution in [0.2, 0.25) is 0 Å². The number of hydrogen-bond acceptors (Lipinski definition) is 6. The number of benzene rings is 2. The third-order valence-electron chi connectivity index (χ3n) is 6.02. The highest BCUT2D eigenvalue weighted by Crippen LogP contribution is 2.24. The first-order valence-electron chi connectivity index (χ1n) is 11.2. The second-order valence-electron chi connectivity index (χ2n) is 8.37. The van der Waals surface area contributed by atoms with Crippen molar-refractivity contribution in [2.45, 2.75) is 18.7 Å². The minimum atomic E-state index is -3.55. The van der Waals surface area contributed by atoms with E-state index >= 15 is 0 Å². The highest BCUT2D eigenvalue weighted by molar-refractivity contribution is 7.89. The fourth-order valence-corrected chi connectivity index (χ4v) is 5.64. The van der Waals surface area contributed by atoms with E-state index in [1.54, 1.807) is 21.1 Å². The molecule has 0 atom stereocenters. The molecule has 0 spiro atoms. The third kappa shape index (κ3) is 4.32. The quantitative estimate of drug-likeness (QED) is 0.441. The summed E-state index contributed by atoms with van der Waals surface area (Å²) in [5.41, 5.74) is 3.97. The standard InChI is InChI=1S/C25H26N6O2S/c1-19-18-20(2)31(28-19)25-13-12-24(26-27-25)29-14-16-30(17-15-29)34(32,33)23-10-8-22(9-11-23)21-6-4-3-5-7-21/h3-13,18H,14-17H2,1-2H3. The maximum absolute atomic E-state index is 13.2. The van der Waals surface area contributed by atoms with Gasteiger partial charge < -0.3 is 4.90 Å². The molecule has 34 heavy (non-hydrogen) atoms. The first-order chi connectivity index (χ1) is 16.4. The minimum Gasteiger partial charge on any atom is -0.352 e. The summed E-state index contributed by atoms with van der Waals surface area (Å²) in [5, 5.41) is 13.1. The van der Waals surface area contributed by atoms with Gasteiger partial charge in [-0.3, -0.25) is 0 Å². The molecule has 0 amide bonds. The molecule has 0 bridgehead atoms. The largest absolute Gasteiger partial charge is 0.352 e. The van der Waals surface area contributed by atoms with Crippen molar-refractivity contribution in [3.63, 3.8) is 0 Å². The lowest BCUT2D eigenvalue weighted by atomic mass is 10.1. The van der Waals surface area contributed by atoms with Crippen molar-refractivity contribution in [1.29, 1.82) is 0 Å². The Morgan fingerprint density at radius 2 is 1.35 bits per heavy atom. The second kappa shape index (κ2) is 9.00. The van der Waals surface area contributed by atoms with Crippen LogP contribution in [0.4, 0.5) is 5.82 Å². The zero-order chi connectivity index (χ0) is 23.7. The number of piperazine rings is 1. The van der Waals surface area contributed by atoms with Crippen LogP contribution >= 0.6 is 0 Å². The van der Waals surface area contributed by atoms with Crippen molar-refractivity contribution in [3.8, 4) is 16.9 Å². The number of rotatable bonds is 5. The summed E-state index contributed by atoms with van der Waals surface area (Å²) in [7, 11) is -3.55. The van der Waals surface area contributed by atoms with Gasteiger partial charge >= 0.3 is 0 Å². The fraction of sp³-hybridized carbons (Fsp3) is 0.240. The van der Waals surface area contributed by atoms with Gasteiger partial charge in [-0.15, -0.1) is 10.2 Å². The molecule has 2 aromatic carbocycles. The van der Waals surface area contributed by atoms with Crippen LogP contribution in [0.25, 0.3) is 16.9 Å². The van der Waals surface area contributed by atoms with Crippen molar-refractivity contribution < 1.29 is 8.42 Å². The zero-order valence-electron chi connectivity index (χ0n) is 19.2. The fourth-order valence-electron chi connectivity index (χ4n) is 4.22. The predicted octanol–water partition coefficient (Wildman–Crippen LogP) is 3.46. The summed E-state index contributed by atoms with van der Waals surface area (Å²) >= 11 is 0. The topological polar surface area (TPSA) is 84.2 Å². The summed E-state index contributed by atoms with van der Waals surface area (Å²) < 4.78 is 29.7. The highest BCUT2D eigenvalue weighted by Gasteiger charge is 2.29. The average Bonchev–Trinajstić information content (AvgIpc) is 3.22. The van der Waals surface area contributed by atoms with Crippen LogP contribution < -0.4 is 4.90 Å². The van der Waals surface area contributed by atoms with E-state index in [2.05, 4.69) is 20.2 Å². The van der Waals surface area contributed by atoms with E-state index in [1.165, 1.54) is 0 Å². The molecule has 0 unspecified atom stereocenters. The number of aromatic nitrogens is 4. The number of hydrogen-bond donors (Lipinski definition) is 0. The Balaban J connectivity index is 1.25. The molecule has 5 rings (SSSR count). The van der Waals surface area contributed by atoms with Gasteiger partial charge in [0.15, 0.2) is 11.6 Å². The van der Waals surface area contributed by atoms with Gasteiger partial charge in [0.2, 0.25) is 10.0 Å². The average molecular weight is 475 g/mol. The number of nitrogens with zero attached hydrogens (tertiary/aromatic N) is 6. The van der Waals surface area contributed by atoms with E-state index in [4.69, 9.17) is 0 Å². The van der Waals surface area contributed by atoms with Crippen LogP contribution in [0.5, 0.6) is 0 Å². The van der Waals surface area contributed by atoms with Crippen molar-refractivity contribution in [3.05, 3.63) is 84.2 Å². The van der Waals surface area contributed by atoms with Gasteiger partial charge in [-0.1, -0.05) is 42.5 Å². The maximum atomic E-state index is 13.2. The molecular formula is C25H26N6O2S. The van der Waals surface area contributed by atoms with Crippen LogP contribution in [0, 0.1) is 13.8 Å². The first kappa shape index (κ1) is 22.2. The van der Waals surface area contributed by atoms with Crippen molar-refractivity contribution >= 4 is 15.8 Å². The Labute approximate surface area is 199 Å². The van der Waals surface area contributed by atoms with Gasteiger partial charge in [0.25, 0.3) is 0 Å². The van der Waals surface area contributed by atoms with Gasteiger partial charge in [0.1, 0.15) is 0 Å². The minimum absolute atomic E-state index is 0.315. The summed E-state index contributed by atoms with van der Waals surface area (Å²) in [5.74, 6) is 1.39. The van der Waals surface area contributed by atoms with Crippen molar-refractivity contribution in [1.82, 2.24) is 24.3 Å². The van der Waals surface area contributed by atoms with Crippen molar-refractivity contribution in [2.24, 2.45) is 0 Å². The van der Waals surface area contributed by atoms with Crippen LogP contribution in [0.1, 0.15) is 11.4 Å². The molecule has 4 aromatic rings. The Morgan fingerprint density at radius 3 is 1.94 bits per heavy atom. The van der Waals surface area contributed by atoms with Crippen LogP contribution in [-0.2, 0) is 10.0 Å². The molecule has 2 aromatic heterocycles. The molecule has 1 fully saturated rings. The predicted molar refractivity (Wildman–Crippen MR) is 131 cm³/mol. The molecule has 0 aliphatic carbocycles.